The first-order chi connectivity index (χ1) is 3.00. The molecule has 1 nitrogen and oxygen atoms in total. The van der Waals surface area contributed by atoms with Crippen molar-refractivity contribution in [3.63, 3.8) is 0 Å². The summed E-state index contributed by atoms with van der Waals surface area (Å²) >= 11 is 0. The molecule has 0 aromatic carbocycles. The molecule has 2 heteroatoms. The molecule has 0 unspecified atom stereocenters. The molecule has 1 radical (unpaired) electrons. The van der Waals surface area contributed by atoms with Crippen LogP contribution in [0, 0.1) is 0 Å². The molecule has 0 aromatic rings. The molecule has 0 bridgehead atoms. The first kappa shape index (κ1) is 3.78. The van der Waals surface area contributed by atoms with E-state index >= 15 is 0 Å². The minimum Gasteiger partial charge on any atom is -0.399 e. The highest BCUT2D eigenvalue weighted by Gasteiger charge is 1.87. The Hall–Kier alpha value is -0.395. The number of nitrogens with one attached hydrogen (secondary N) is 1. The average Bonchev–Trinajstić information content (AvgIpc) is 1.72. The summed E-state index contributed by atoms with van der Waals surface area (Å²) in [5, 5.41) is 3.05. The number of hydrogen-bond acceptors (Lipinski definition) is 1. The molecule has 0 aliphatic carbocycles. The monoisotopic (exact) mass is 80.1 g/mol. The van der Waals surface area contributed by atoms with Gasteiger partial charge in [0.25, 0.3) is 0 Å². The summed E-state index contributed by atoms with van der Waals surface area (Å²) in [7, 11) is 2.19. The number of hydrogen-bond donors (Lipinski definition) is 1. The van der Waals surface area contributed by atoms with Gasteiger partial charge in [0.05, 0.1) is 0 Å². The highest BCUT2D eigenvalue weighted by atomic mass is 14.8. The van der Waals surface area contributed by atoms with Gasteiger partial charge < -0.3 is 5.32 Å². The lowest BCUT2D eigenvalue weighted by Crippen LogP contribution is -2.16. The third-order valence-corrected chi connectivity index (χ3v) is 0.801. The van der Waals surface area contributed by atoms with Crippen LogP contribution in [0.15, 0.2) is 12.3 Å². The van der Waals surface area contributed by atoms with Gasteiger partial charge in [-0.05, 0) is 12.6 Å². The fraction of sp³-hybridized carbons (Fsp3) is 0.500. The second-order valence-corrected chi connectivity index (χ2v) is 1.33. The smallest absolute Gasteiger partial charge is 0.140 e. The summed E-state index contributed by atoms with van der Waals surface area (Å²) in [5.74, 6) is 0. The Morgan fingerprint density at radius 2 is 2.67 bits per heavy atom. The Kier molecular flexibility index (Phi) is 1.20. The normalized spacial score (nSPS) is 18.7. The summed E-state index contributed by atoms with van der Waals surface area (Å²) in [6.45, 7) is 0. The Morgan fingerprint density at radius 1 is 1.67 bits per heavy atom. The molecule has 0 atom stereocenters. The molecule has 1 aliphatic rings. The van der Waals surface area contributed by atoms with E-state index in [0.29, 0.717) is 0 Å². The van der Waals surface area contributed by atoms with Crippen molar-refractivity contribution in [2.75, 3.05) is 6.44 Å². The Bertz CT molecular complexity index is 52.6. The summed E-state index contributed by atoms with van der Waals surface area (Å²) in [4.78, 5) is 0. The molecule has 31 valence electrons. The second-order valence-electron chi connectivity index (χ2n) is 1.33. The quantitative estimate of drug-likeness (QED) is 0.409. The van der Waals surface area contributed by atoms with Gasteiger partial charge in [0, 0.05) is 0 Å². The van der Waals surface area contributed by atoms with E-state index in [0.717, 1.165) is 12.8 Å². The van der Waals surface area contributed by atoms with Crippen molar-refractivity contribution in [2.45, 2.75) is 6.32 Å². The van der Waals surface area contributed by atoms with E-state index in [4.69, 9.17) is 0 Å². The first-order valence-electron chi connectivity index (χ1n) is 2.20. The average molecular weight is 79.9 g/mol. The maximum Gasteiger partial charge on any atom is 0.140 e. The zero-order chi connectivity index (χ0) is 4.24. The van der Waals surface area contributed by atoms with Crippen molar-refractivity contribution in [2.24, 2.45) is 0 Å². The fourth-order valence-electron chi connectivity index (χ4n) is 0.482. The highest BCUT2D eigenvalue weighted by molar-refractivity contribution is 6.36. The van der Waals surface area contributed by atoms with Gasteiger partial charge in [-0.15, -0.1) is 0 Å². The standard InChI is InChI=1S/C4H7BN/c1-2-5-4-6-3-1/h1,3,6H,2,4H2. The van der Waals surface area contributed by atoms with Gasteiger partial charge in [-0.25, -0.2) is 0 Å². The van der Waals surface area contributed by atoms with E-state index in [1.807, 2.05) is 6.20 Å². The molecule has 0 amide bonds. The van der Waals surface area contributed by atoms with E-state index in [1.165, 1.54) is 0 Å². The van der Waals surface area contributed by atoms with Crippen LogP contribution in [0.1, 0.15) is 0 Å². The fourth-order valence-corrected chi connectivity index (χ4v) is 0.482. The maximum absolute atomic E-state index is 3.05. The molecule has 0 spiro atoms. The van der Waals surface area contributed by atoms with Gasteiger partial charge in [-0.3, -0.25) is 0 Å². The van der Waals surface area contributed by atoms with Crippen LogP contribution in [0.3, 0.4) is 0 Å². The summed E-state index contributed by atoms with van der Waals surface area (Å²) in [6, 6.07) is 0. The van der Waals surface area contributed by atoms with Gasteiger partial charge in [0.1, 0.15) is 7.28 Å². The predicted molar refractivity (Wildman–Crippen MR) is 27.7 cm³/mol. The molecule has 1 N–H and O–H groups in total. The minimum atomic E-state index is 1.04. The molecule has 0 saturated carbocycles. The molecule has 0 fully saturated rings. The minimum absolute atomic E-state index is 1.04. The van der Waals surface area contributed by atoms with Crippen molar-refractivity contribution in [3.05, 3.63) is 12.3 Å². The Morgan fingerprint density at radius 3 is 2.83 bits per heavy atom. The van der Waals surface area contributed by atoms with E-state index in [9.17, 15) is 0 Å². The van der Waals surface area contributed by atoms with Crippen molar-refractivity contribution in [3.8, 4) is 0 Å². The molecular weight excluding hydrogens is 72.9 g/mol. The molecule has 1 rings (SSSR count). The lowest BCUT2D eigenvalue weighted by Gasteiger charge is -2.00. The topological polar surface area (TPSA) is 12.0 Å². The van der Waals surface area contributed by atoms with Crippen LogP contribution >= 0.6 is 0 Å². The van der Waals surface area contributed by atoms with Gasteiger partial charge in [-0.1, -0.05) is 12.4 Å². The summed E-state index contributed by atoms with van der Waals surface area (Å²) in [6.07, 6.45) is 6.26. The van der Waals surface area contributed by atoms with Gasteiger partial charge in [0.2, 0.25) is 0 Å². The molecular formula is C4H7BN. The second kappa shape index (κ2) is 1.90. The summed E-state index contributed by atoms with van der Waals surface area (Å²) in [5.41, 5.74) is 0. The Labute approximate surface area is 38.7 Å². The third-order valence-electron chi connectivity index (χ3n) is 0.801. The van der Waals surface area contributed by atoms with Crippen LogP contribution in [0.4, 0.5) is 0 Å². The number of allylic oxidation sites excluding steroid dienone is 1. The SMILES string of the molecule is [B]1CC=CNC1. The van der Waals surface area contributed by atoms with Crippen LogP contribution in [0.5, 0.6) is 0 Å². The van der Waals surface area contributed by atoms with Gasteiger partial charge in [-0.2, -0.15) is 0 Å². The predicted octanol–water partition coefficient (Wildman–Crippen LogP) is 0.183. The van der Waals surface area contributed by atoms with Crippen molar-refractivity contribution >= 4 is 7.28 Å². The van der Waals surface area contributed by atoms with Crippen molar-refractivity contribution < 1.29 is 0 Å². The van der Waals surface area contributed by atoms with Crippen LogP contribution in [-0.4, -0.2) is 13.7 Å². The van der Waals surface area contributed by atoms with Crippen molar-refractivity contribution in [1.29, 1.82) is 0 Å². The zero-order valence-electron chi connectivity index (χ0n) is 3.65. The molecule has 0 aromatic heterocycles. The molecule has 6 heavy (non-hydrogen) atoms. The van der Waals surface area contributed by atoms with Gasteiger partial charge >= 0.3 is 0 Å². The first-order valence-corrected chi connectivity index (χ1v) is 2.20. The van der Waals surface area contributed by atoms with Crippen LogP contribution in [0.25, 0.3) is 0 Å². The lowest BCUT2D eigenvalue weighted by atomic mass is 9.73. The largest absolute Gasteiger partial charge is 0.399 e. The molecule has 1 heterocycles. The van der Waals surface area contributed by atoms with Crippen LogP contribution in [-0.2, 0) is 0 Å². The lowest BCUT2D eigenvalue weighted by molar-refractivity contribution is 1.02. The van der Waals surface area contributed by atoms with E-state index in [2.05, 4.69) is 18.7 Å². The third kappa shape index (κ3) is 0.779. The van der Waals surface area contributed by atoms with E-state index < -0.39 is 0 Å². The summed E-state index contributed by atoms with van der Waals surface area (Å²) < 4.78 is 0. The maximum atomic E-state index is 3.05. The van der Waals surface area contributed by atoms with Crippen molar-refractivity contribution in [1.82, 2.24) is 5.32 Å². The molecule has 0 saturated heterocycles. The zero-order valence-corrected chi connectivity index (χ0v) is 3.65. The molecule has 1 aliphatic heterocycles. The van der Waals surface area contributed by atoms with E-state index in [1.54, 1.807) is 0 Å². The Balaban J connectivity index is 2.26. The van der Waals surface area contributed by atoms with Crippen LogP contribution in [0.2, 0.25) is 6.32 Å². The van der Waals surface area contributed by atoms with Gasteiger partial charge in [0.15, 0.2) is 0 Å². The van der Waals surface area contributed by atoms with E-state index in [-0.39, 0.29) is 0 Å². The highest BCUT2D eigenvalue weighted by Crippen LogP contribution is 1.83. The number of rotatable bonds is 0. The van der Waals surface area contributed by atoms with Crippen LogP contribution < -0.4 is 5.32 Å².